The third-order valence-corrected chi connectivity index (χ3v) is 4.51. The van der Waals surface area contributed by atoms with Crippen LogP contribution in [0, 0.1) is 0 Å². The van der Waals surface area contributed by atoms with Crippen LogP contribution < -0.4 is 25.3 Å². The number of primary amides is 1. The first kappa shape index (κ1) is 20.9. The number of alkyl halides is 3. The predicted octanol–water partition coefficient (Wildman–Crippen LogP) is 5.44. The molecule has 0 spiro atoms. The molecule has 0 aliphatic rings. The van der Waals surface area contributed by atoms with E-state index >= 15 is 0 Å². The van der Waals surface area contributed by atoms with Crippen LogP contribution in [0.4, 0.5) is 18.9 Å². The molecule has 3 aromatic rings. The van der Waals surface area contributed by atoms with Crippen LogP contribution in [0.3, 0.4) is 0 Å². The Morgan fingerprint density at radius 1 is 1.09 bits per heavy atom. The molecule has 0 atom stereocenters. The van der Waals surface area contributed by atoms with Crippen LogP contribution in [0.1, 0.15) is 25.0 Å². The Balaban J connectivity index is 1.99. The summed E-state index contributed by atoms with van der Waals surface area (Å²) in [7, 11) is -3.08. The van der Waals surface area contributed by atoms with Gasteiger partial charge in [-0.15, -0.1) is 13.2 Å². The number of carbonyl (C=O) groups excluding carboxylic acids is 2. The molecule has 0 fully saturated rings. The van der Waals surface area contributed by atoms with Gasteiger partial charge in [0.25, 0.3) is 11.8 Å². The SMILES string of the molecule is [2H]C([2H])([2H])Oc1cc(OC(F)(F)F)ccc1Oc1cc(Cl)cc(Cl)c1C(=O)Nc1ccc(C(N)=O)nc1. The molecule has 0 aliphatic carbocycles. The highest BCUT2D eigenvalue weighted by Gasteiger charge is 2.31. The third kappa shape index (κ3) is 6.21. The van der Waals surface area contributed by atoms with Gasteiger partial charge < -0.3 is 25.3 Å². The molecule has 3 N–H and O–H groups in total. The zero-order valence-electron chi connectivity index (χ0n) is 19.6. The van der Waals surface area contributed by atoms with Crippen LogP contribution >= 0.6 is 23.2 Å². The van der Waals surface area contributed by atoms with E-state index in [9.17, 15) is 22.8 Å². The van der Waals surface area contributed by atoms with Crippen LogP contribution in [-0.2, 0) is 0 Å². The number of rotatable bonds is 7. The monoisotopic (exact) mass is 518 g/mol. The van der Waals surface area contributed by atoms with E-state index < -0.39 is 42.5 Å². The minimum Gasteiger partial charge on any atom is -0.493 e. The van der Waals surface area contributed by atoms with Crippen molar-refractivity contribution in [3.05, 3.63) is 70.0 Å². The molecule has 0 aliphatic heterocycles. The smallest absolute Gasteiger partial charge is 0.493 e. The van der Waals surface area contributed by atoms with Gasteiger partial charge in [-0.3, -0.25) is 9.59 Å². The molecule has 3 rings (SSSR count). The molecular formula is C21H14Cl2F3N3O5. The topological polar surface area (TPSA) is 113 Å². The Hall–Kier alpha value is -3.70. The normalized spacial score (nSPS) is 12.7. The standard InChI is InChI=1S/C21H14Cl2F3N3O5/c1-32-16-8-12(34-21(24,25)26)3-5-15(16)33-17-7-10(22)6-13(23)18(17)20(31)29-11-2-4-14(19(27)30)28-9-11/h2-9H,1H3,(H2,27,30)(H,29,31)/i1D3. The van der Waals surface area contributed by atoms with Crippen LogP contribution in [0.15, 0.2) is 48.7 Å². The van der Waals surface area contributed by atoms with E-state index in [0.717, 1.165) is 24.4 Å². The minimum absolute atomic E-state index is 0.0133. The van der Waals surface area contributed by atoms with Crippen molar-refractivity contribution in [2.45, 2.75) is 6.36 Å². The molecule has 13 heteroatoms. The Morgan fingerprint density at radius 2 is 1.85 bits per heavy atom. The highest BCUT2D eigenvalue weighted by Crippen LogP contribution is 2.40. The number of nitrogens with one attached hydrogen (secondary N) is 1. The van der Waals surface area contributed by atoms with Gasteiger partial charge >= 0.3 is 6.36 Å². The summed E-state index contributed by atoms with van der Waals surface area (Å²) in [5, 5.41) is 2.30. The average Bonchev–Trinajstić information content (AvgIpc) is 2.73. The maximum atomic E-state index is 13.0. The maximum absolute atomic E-state index is 13.0. The Kier molecular flexibility index (Phi) is 6.18. The number of pyridine rings is 1. The van der Waals surface area contributed by atoms with E-state index in [1.807, 2.05) is 0 Å². The number of hydrogen-bond donors (Lipinski definition) is 2. The first-order valence-electron chi connectivity index (χ1n) is 10.4. The van der Waals surface area contributed by atoms with Crippen LogP contribution in [-0.4, -0.2) is 30.2 Å². The minimum atomic E-state index is -5.06. The van der Waals surface area contributed by atoms with Gasteiger partial charge in [0.15, 0.2) is 11.5 Å². The zero-order valence-corrected chi connectivity index (χ0v) is 18.1. The fourth-order valence-corrected chi connectivity index (χ4v) is 3.19. The van der Waals surface area contributed by atoms with Crippen molar-refractivity contribution in [3.8, 4) is 23.0 Å². The number of methoxy groups -OCH3 is 1. The second-order valence-electron chi connectivity index (χ2n) is 6.37. The highest BCUT2D eigenvalue weighted by molar-refractivity contribution is 6.37. The van der Waals surface area contributed by atoms with Crippen LogP contribution in [0.2, 0.25) is 10.0 Å². The number of ether oxygens (including phenoxy) is 3. The predicted molar refractivity (Wildman–Crippen MR) is 117 cm³/mol. The van der Waals surface area contributed by atoms with Crippen molar-refractivity contribution in [1.29, 1.82) is 0 Å². The Labute approximate surface area is 204 Å². The summed E-state index contributed by atoms with van der Waals surface area (Å²) in [6.45, 7) is 0. The first-order chi connectivity index (χ1) is 17.1. The van der Waals surface area contributed by atoms with E-state index in [4.69, 9.17) is 42.5 Å². The number of halogens is 5. The van der Waals surface area contributed by atoms with E-state index in [1.54, 1.807) is 0 Å². The number of carbonyl (C=O) groups is 2. The lowest BCUT2D eigenvalue weighted by Crippen LogP contribution is -2.17. The summed E-state index contributed by atoms with van der Waals surface area (Å²) in [6.07, 6.45) is -3.90. The molecule has 2 amide bonds. The summed E-state index contributed by atoms with van der Waals surface area (Å²) in [5.41, 5.74) is 4.95. The molecule has 178 valence electrons. The van der Waals surface area contributed by atoms with Crippen LogP contribution in [0.25, 0.3) is 0 Å². The lowest BCUT2D eigenvalue weighted by molar-refractivity contribution is -0.274. The fraction of sp³-hybridized carbons (Fsp3) is 0.0952. The van der Waals surface area contributed by atoms with E-state index in [-0.39, 0.29) is 32.7 Å². The average molecular weight is 519 g/mol. The highest BCUT2D eigenvalue weighted by atomic mass is 35.5. The number of amides is 2. The van der Waals surface area contributed by atoms with Gasteiger partial charge in [0.2, 0.25) is 0 Å². The van der Waals surface area contributed by atoms with Crippen molar-refractivity contribution >= 4 is 40.7 Å². The molecule has 0 saturated heterocycles. The quantitative estimate of drug-likeness (QED) is 0.430. The maximum Gasteiger partial charge on any atom is 0.573 e. The molecule has 0 radical (unpaired) electrons. The number of aromatic nitrogens is 1. The van der Waals surface area contributed by atoms with E-state index in [2.05, 4.69) is 15.0 Å². The lowest BCUT2D eigenvalue weighted by Gasteiger charge is -2.16. The van der Waals surface area contributed by atoms with E-state index in [0.29, 0.717) is 6.07 Å². The summed E-state index contributed by atoms with van der Waals surface area (Å²) < 4.78 is 73.9. The number of nitrogens with zero attached hydrogens (tertiary/aromatic N) is 1. The molecule has 0 bridgehead atoms. The Morgan fingerprint density at radius 3 is 2.47 bits per heavy atom. The van der Waals surface area contributed by atoms with Gasteiger partial charge in [-0.1, -0.05) is 23.2 Å². The third-order valence-electron chi connectivity index (χ3n) is 4.00. The molecule has 0 unspecified atom stereocenters. The van der Waals surface area contributed by atoms with Gasteiger partial charge in [-0.25, -0.2) is 4.98 Å². The van der Waals surface area contributed by atoms with Crippen molar-refractivity contribution in [3.63, 3.8) is 0 Å². The van der Waals surface area contributed by atoms with Gasteiger partial charge in [-0.2, -0.15) is 0 Å². The van der Waals surface area contributed by atoms with E-state index in [1.165, 1.54) is 18.2 Å². The first-order valence-corrected chi connectivity index (χ1v) is 9.70. The largest absolute Gasteiger partial charge is 0.573 e. The second kappa shape index (κ2) is 10.1. The number of nitrogens with two attached hydrogens (primary N) is 1. The summed E-state index contributed by atoms with van der Waals surface area (Å²) >= 11 is 12.2. The molecule has 1 heterocycles. The Bertz CT molecular complexity index is 1340. The van der Waals surface area contributed by atoms with Crippen molar-refractivity contribution in [2.24, 2.45) is 5.73 Å². The van der Waals surface area contributed by atoms with Gasteiger partial charge in [0, 0.05) is 17.2 Å². The summed E-state index contributed by atoms with van der Waals surface area (Å²) in [4.78, 5) is 28.0. The zero-order chi connectivity index (χ0) is 27.5. The van der Waals surface area contributed by atoms with Crippen molar-refractivity contribution < 1.29 is 41.1 Å². The van der Waals surface area contributed by atoms with Crippen LogP contribution in [0.5, 0.6) is 23.0 Å². The van der Waals surface area contributed by atoms with Crippen molar-refractivity contribution in [2.75, 3.05) is 12.4 Å². The summed E-state index contributed by atoms with van der Waals surface area (Å²) in [6, 6.07) is 7.42. The molecule has 8 nitrogen and oxygen atoms in total. The number of benzene rings is 2. The molecule has 0 saturated carbocycles. The second-order valence-corrected chi connectivity index (χ2v) is 7.22. The molecule has 2 aromatic carbocycles. The van der Waals surface area contributed by atoms with Gasteiger partial charge in [0.1, 0.15) is 22.8 Å². The lowest BCUT2D eigenvalue weighted by atomic mass is 10.1. The molecule has 1 aromatic heterocycles. The molecule has 34 heavy (non-hydrogen) atoms. The fourth-order valence-electron chi connectivity index (χ4n) is 2.63. The molecular weight excluding hydrogens is 502 g/mol. The van der Waals surface area contributed by atoms with Gasteiger partial charge in [0.05, 0.1) is 28.1 Å². The number of hydrogen-bond acceptors (Lipinski definition) is 6. The van der Waals surface area contributed by atoms with Crippen molar-refractivity contribution in [1.82, 2.24) is 4.98 Å². The summed E-state index contributed by atoms with van der Waals surface area (Å²) in [5.74, 6) is -3.75. The number of anilines is 1. The van der Waals surface area contributed by atoms with Gasteiger partial charge in [-0.05, 0) is 30.3 Å².